The lowest BCUT2D eigenvalue weighted by Gasteiger charge is -2.12. The van der Waals surface area contributed by atoms with Crippen molar-refractivity contribution in [3.8, 4) is 0 Å². The zero-order chi connectivity index (χ0) is 11.8. The second kappa shape index (κ2) is 6.63. The molecule has 0 saturated carbocycles. The van der Waals surface area contributed by atoms with Crippen molar-refractivity contribution in [3.05, 3.63) is 0 Å². The smallest absolute Gasteiger partial charge is 0.407 e. The van der Waals surface area contributed by atoms with E-state index in [0.29, 0.717) is 0 Å². The number of methoxy groups -OCH3 is 2. The average molecular weight is 219 g/mol. The van der Waals surface area contributed by atoms with Crippen molar-refractivity contribution in [1.29, 1.82) is 0 Å². The van der Waals surface area contributed by atoms with Crippen LogP contribution < -0.4 is 5.32 Å². The molecule has 1 atom stereocenters. The van der Waals surface area contributed by atoms with Crippen LogP contribution in [0.1, 0.15) is 12.8 Å². The lowest BCUT2D eigenvalue weighted by Crippen LogP contribution is -2.41. The van der Waals surface area contributed by atoms with Crippen LogP contribution >= 0.6 is 0 Å². The topological polar surface area (TPSA) is 102 Å². The van der Waals surface area contributed by atoms with Crippen LogP contribution in [0.4, 0.5) is 4.79 Å². The molecular formula is C8H13NO6. The largest absolute Gasteiger partial charge is 0.480 e. The van der Waals surface area contributed by atoms with Gasteiger partial charge < -0.3 is 19.9 Å². The zero-order valence-electron chi connectivity index (χ0n) is 8.48. The number of aliphatic carboxylic acids is 1. The minimum Gasteiger partial charge on any atom is -0.480 e. The Kier molecular flexibility index (Phi) is 5.84. The molecule has 0 aromatic rings. The van der Waals surface area contributed by atoms with Gasteiger partial charge in [-0.15, -0.1) is 0 Å². The second-order valence-corrected chi connectivity index (χ2v) is 2.64. The fourth-order valence-electron chi connectivity index (χ4n) is 0.823. The Morgan fingerprint density at radius 3 is 2.27 bits per heavy atom. The van der Waals surface area contributed by atoms with Crippen molar-refractivity contribution in [1.82, 2.24) is 5.32 Å². The van der Waals surface area contributed by atoms with Gasteiger partial charge in [0.2, 0.25) is 0 Å². The fourth-order valence-corrected chi connectivity index (χ4v) is 0.823. The molecule has 15 heavy (non-hydrogen) atoms. The number of nitrogens with one attached hydrogen (secondary N) is 1. The zero-order valence-corrected chi connectivity index (χ0v) is 8.48. The molecular weight excluding hydrogens is 206 g/mol. The first-order valence-electron chi connectivity index (χ1n) is 4.15. The van der Waals surface area contributed by atoms with E-state index < -0.39 is 24.1 Å². The molecule has 0 aromatic carbocycles. The fraction of sp³-hybridized carbons (Fsp3) is 0.625. The van der Waals surface area contributed by atoms with Crippen molar-refractivity contribution in [2.24, 2.45) is 0 Å². The molecule has 86 valence electrons. The van der Waals surface area contributed by atoms with Crippen LogP contribution in [0, 0.1) is 0 Å². The van der Waals surface area contributed by atoms with Gasteiger partial charge in [-0.05, 0) is 6.42 Å². The van der Waals surface area contributed by atoms with Gasteiger partial charge in [-0.25, -0.2) is 9.59 Å². The molecule has 1 amide bonds. The van der Waals surface area contributed by atoms with E-state index in [1.165, 1.54) is 7.11 Å². The molecule has 0 radical (unpaired) electrons. The first-order valence-corrected chi connectivity index (χ1v) is 4.15. The summed E-state index contributed by atoms with van der Waals surface area (Å²) >= 11 is 0. The summed E-state index contributed by atoms with van der Waals surface area (Å²) in [6, 6.07) is -1.16. The van der Waals surface area contributed by atoms with E-state index in [1.807, 2.05) is 0 Å². The van der Waals surface area contributed by atoms with Crippen molar-refractivity contribution in [2.45, 2.75) is 18.9 Å². The van der Waals surface area contributed by atoms with Gasteiger partial charge in [0.1, 0.15) is 6.04 Å². The molecule has 0 heterocycles. The molecule has 7 heteroatoms. The SMILES string of the molecule is COC(=O)CC[C@@H](NC(=O)OC)C(=O)O. The summed E-state index contributed by atoms with van der Waals surface area (Å²) in [7, 11) is 2.32. The van der Waals surface area contributed by atoms with Gasteiger partial charge in [-0.2, -0.15) is 0 Å². The number of carboxylic acid groups (broad SMARTS) is 1. The third kappa shape index (κ3) is 5.50. The summed E-state index contributed by atoms with van der Waals surface area (Å²) in [5.74, 6) is -1.77. The number of rotatable bonds is 5. The average Bonchev–Trinajstić information content (AvgIpc) is 2.22. The first kappa shape index (κ1) is 13.2. The van der Waals surface area contributed by atoms with Crippen molar-refractivity contribution in [2.75, 3.05) is 14.2 Å². The van der Waals surface area contributed by atoms with E-state index in [1.54, 1.807) is 0 Å². The summed E-state index contributed by atoms with van der Waals surface area (Å²) < 4.78 is 8.57. The number of carbonyl (C=O) groups excluding carboxylic acids is 2. The van der Waals surface area contributed by atoms with Gasteiger partial charge in [0.25, 0.3) is 0 Å². The van der Waals surface area contributed by atoms with Crippen LogP contribution in [0.15, 0.2) is 0 Å². The number of amides is 1. The molecule has 0 aliphatic carbocycles. The Bertz CT molecular complexity index is 252. The highest BCUT2D eigenvalue weighted by Crippen LogP contribution is 1.99. The van der Waals surface area contributed by atoms with Crippen LogP contribution in [0.2, 0.25) is 0 Å². The van der Waals surface area contributed by atoms with Gasteiger partial charge in [0.05, 0.1) is 14.2 Å². The van der Waals surface area contributed by atoms with Gasteiger partial charge in [0, 0.05) is 6.42 Å². The normalized spacial score (nSPS) is 11.3. The number of ether oxygens (including phenoxy) is 2. The van der Waals surface area contributed by atoms with E-state index in [9.17, 15) is 14.4 Å². The predicted molar refractivity (Wildman–Crippen MR) is 48.2 cm³/mol. The molecule has 0 aliphatic heterocycles. The monoisotopic (exact) mass is 219 g/mol. The third-order valence-electron chi connectivity index (χ3n) is 1.64. The maximum absolute atomic E-state index is 10.7. The molecule has 7 nitrogen and oxygen atoms in total. The highest BCUT2D eigenvalue weighted by atomic mass is 16.5. The van der Waals surface area contributed by atoms with Gasteiger partial charge in [-0.3, -0.25) is 4.79 Å². The second-order valence-electron chi connectivity index (χ2n) is 2.64. The minimum atomic E-state index is -1.23. The van der Waals surface area contributed by atoms with E-state index in [2.05, 4.69) is 14.8 Å². The Labute approximate surface area is 86.3 Å². The number of esters is 1. The molecule has 0 saturated heterocycles. The molecule has 0 unspecified atom stereocenters. The maximum atomic E-state index is 10.7. The number of hydrogen-bond acceptors (Lipinski definition) is 5. The van der Waals surface area contributed by atoms with Gasteiger partial charge >= 0.3 is 18.0 Å². The molecule has 0 aromatic heterocycles. The lowest BCUT2D eigenvalue weighted by atomic mass is 10.1. The first-order chi connectivity index (χ1) is 7.01. The molecule has 2 N–H and O–H groups in total. The van der Waals surface area contributed by atoms with Crippen LogP contribution in [0.5, 0.6) is 0 Å². The standard InChI is InChI=1S/C8H13NO6/c1-14-6(10)4-3-5(7(11)12)9-8(13)15-2/h5H,3-4H2,1-2H3,(H,9,13)(H,11,12)/t5-/m1/s1. The third-order valence-corrected chi connectivity index (χ3v) is 1.64. The van der Waals surface area contributed by atoms with Crippen LogP contribution in [0.25, 0.3) is 0 Å². The predicted octanol–water partition coefficient (Wildman–Crippen LogP) is -0.251. The van der Waals surface area contributed by atoms with E-state index in [0.717, 1.165) is 7.11 Å². The Morgan fingerprint density at radius 2 is 1.87 bits per heavy atom. The Morgan fingerprint density at radius 1 is 1.27 bits per heavy atom. The van der Waals surface area contributed by atoms with Crippen molar-refractivity contribution in [3.63, 3.8) is 0 Å². The maximum Gasteiger partial charge on any atom is 0.407 e. The summed E-state index contributed by atoms with van der Waals surface area (Å²) in [4.78, 5) is 32.1. The number of carbonyl (C=O) groups is 3. The van der Waals surface area contributed by atoms with E-state index in [4.69, 9.17) is 5.11 Å². The molecule has 0 spiro atoms. The lowest BCUT2D eigenvalue weighted by molar-refractivity contribution is -0.142. The summed E-state index contributed by atoms with van der Waals surface area (Å²) in [5, 5.41) is 10.8. The quantitative estimate of drug-likeness (QED) is 0.618. The van der Waals surface area contributed by atoms with E-state index in [-0.39, 0.29) is 12.8 Å². The van der Waals surface area contributed by atoms with Gasteiger partial charge in [-0.1, -0.05) is 0 Å². The van der Waals surface area contributed by atoms with Crippen LogP contribution in [0.3, 0.4) is 0 Å². The van der Waals surface area contributed by atoms with Crippen LogP contribution in [-0.4, -0.2) is 43.4 Å². The Hall–Kier alpha value is -1.79. The summed E-state index contributed by atoms with van der Waals surface area (Å²) in [6.45, 7) is 0. The number of hydrogen-bond donors (Lipinski definition) is 2. The highest BCUT2D eigenvalue weighted by Gasteiger charge is 2.21. The van der Waals surface area contributed by atoms with Gasteiger partial charge in [0.15, 0.2) is 0 Å². The van der Waals surface area contributed by atoms with Crippen LogP contribution in [-0.2, 0) is 19.1 Å². The summed E-state index contributed by atoms with van der Waals surface area (Å²) in [6.07, 6.45) is -0.985. The minimum absolute atomic E-state index is 0.0445. The number of carboxylic acids is 1. The molecule has 0 aliphatic rings. The summed E-state index contributed by atoms with van der Waals surface area (Å²) in [5.41, 5.74) is 0. The molecule has 0 fully saturated rings. The van der Waals surface area contributed by atoms with E-state index >= 15 is 0 Å². The van der Waals surface area contributed by atoms with Crippen molar-refractivity contribution >= 4 is 18.0 Å². The Balaban J connectivity index is 4.11. The molecule has 0 rings (SSSR count). The highest BCUT2D eigenvalue weighted by molar-refractivity contribution is 5.80. The number of alkyl carbamates (subject to hydrolysis) is 1. The molecule has 0 bridgehead atoms. The van der Waals surface area contributed by atoms with Crippen molar-refractivity contribution < 1.29 is 29.0 Å².